The molecule has 0 N–H and O–H groups in total. The van der Waals surface area contributed by atoms with Gasteiger partial charge in [-0.15, -0.1) is 11.3 Å². The smallest absolute Gasteiger partial charge is 0.131 e. The molecule has 2 aliphatic heterocycles. The van der Waals surface area contributed by atoms with Gasteiger partial charge in [-0.3, -0.25) is 5.01 Å². The number of anilines is 1. The molecule has 3 rings (SSSR count). The number of hydrazine groups is 1. The van der Waals surface area contributed by atoms with Gasteiger partial charge in [-0.1, -0.05) is 0 Å². The molecule has 3 heterocycles. The number of nitrogens with zero attached hydrogens (tertiary/aromatic N) is 4. The Morgan fingerprint density at radius 1 is 1.38 bits per heavy atom. The molecule has 0 aliphatic carbocycles. The summed E-state index contributed by atoms with van der Waals surface area (Å²) in [7, 11) is 0. The van der Waals surface area contributed by atoms with E-state index in [1.807, 2.05) is 5.51 Å². The van der Waals surface area contributed by atoms with Crippen molar-refractivity contribution in [2.75, 3.05) is 38.0 Å². The predicted molar refractivity (Wildman–Crippen MR) is 63.2 cm³/mol. The number of morpholine rings is 1. The van der Waals surface area contributed by atoms with E-state index in [2.05, 4.69) is 15.0 Å². The number of thiazole rings is 1. The Bertz CT molecular complexity index is 368. The van der Waals surface area contributed by atoms with Crippen molar-refractivity contribution in [3.05, 3.63) is 11.2 Å². The summed E-state index contributed by atoms with van der Waals surface area (Å²) in [5.74, 6) is 0. The number of hydrogen-bond acceptors (Lipinski definition) is 6. The third-order valence-corrected chi connectivity index (χ3v) is 3.90. The van der Waals surface area contributed by atoms with Gasteiger partial charge >= 0.3 is 0 Å². The van der Waals surface area contributed by atoms with Crippen LogP contribution in [-0.2, 0) is 11.3 Å². The van der Waals surface area contributed by atoms with E-state index in [0.717, 1.165) is 45.2 Å². The minimum atomic E-state index is 0.719. The zero-order valence-corrected chi connectivity index (χ0v) is 10.4. The lowest BCUT2D eigenvalue weighted by molar-refractivity contribution is 0.0267. The van der Waals surface area contributed by atoms with Crippen LogP contribution in [0.5, 0.6) is 0 Å². The number of fused-ring (bicyclic) bond motifs is 1. The zero-order valence-electron chi connectivity index (χ0n) is 8.80. The predicted octanol–water partition coefficient (Wildman–Crippen LogP) is 1.12. The van der Waals surface area contributed by atoms with Gasteiger partial charge in [0.2, 0.25) is 0 Å². The van der Waals surface area contributed by atoms with Crippen molar-refractivity contribution in [1.82, 2.24) is 14.4 Å². The Morgan fingerprint density at radius 2 is 2.19 bits per heavy atom. The molecular formula is C9H13ClN4OS. The quantitative estimate of drug-likeness (QED) is 0.707. The SMILES string of the molecule is ClN1Cc2ncsc2N(N2CCOCC2)C1. The van der Waals surface area contributed by atoms with Crippen LogP contribution in [0.2, 0.25) is 0 Å². The minimum absolute atomic E-state index is 0.719. The number of aromatic nitrogens is 1. The number of hydrogen-bond donors (Lipinski definition) is 0. The molecule has 1 aromatic heterocycles. The highest BCUT2D eigenvalue weighted by atomic mass is 35.5. The lowest BCUT2D eigenvalue weighted by Gasteiger charge is -2.41. The minimum Gasteiger partial charge on any atom is -0.379 e. The van der Waals surface area contributed by atoms with Gasteiger partial charge in [-0.05, 0) is 11.8 Å². The first kappa shape index (κ1) is 10.7. The van der Waals surface area contributed by atoms with Crippen molar-refractivity contribution in [1.29, 1.82) is 0 Å². The average Bonchev–Trinajstić information content (AvgIpc) is 2.77. The van der Waals surface area contributed by atoms with E-state index in [1.54, 1.807) is 15.8 Å². The second kappa shape index (κ2) is 4.46. The van der Waals surface area contributed by atoms with Crippen LogP contribution >= 0.6 is 23.1 Å². The topological polar surface area (TPSA) is 31.8 Å². The van der Waals surface area contributed by atoms with Crippen molar-refractivity contribution in [2.24, 2.45) is 0 Å². The van der Waals surface area contributed by atoms with Crippen LogP contribution in [0.3, 0.4) is 0 Å². The molecule has 2 aliphatic rings. The first-order valence-electron chi connectivity index (χ1n) is 5.28. The third kappa shape index (κ3) is 1.91. The first-order valence-corrected chi connectivity index (χ1v) is 6.49. The Labute approximate surface area is 103 Å². The summed E-state index contributed by atoms with van der Waals surface area (Å²) in [6, 6.07) is 0. The molecule has 16 heavy (non-hydrogen) atoms. The van der Waals surface area contributed by atoms with Gasteiger partial charge in [-0.25, -0.2) is 9.99 Å². The van der Waals surface area contributed by atoms with E-state index < -0.39 is 0 Å². The van der Waals surface area contributed by atoms with E-state index in [1.165, 1.54) is 5.00 Å². The summed E-state index contributed by atoms with van der Waals surface area (Å²) in [6.45, 7) is 4.85. The van der Waals surface area contributed by atoms with E-state index in [9.17, 15) is 0 Å². The highest BCUT2D eigenvalue weighted by Crippen LogP contribution is 2.32. The highest BCUT2D eigenvalue weighted by molar-refractivity contribution is 7.14. The van der Waals surface area contributed by atoms with Crippen LogP contribution in [0.25, 0.3) is 0 Å². The molecule has 0 amide bonds. The van der Waals surface area contributed by atoms with Gasteiger partial charge in [0.05, 0.1) is 31.0 Å². The second-order valence-electron chi connectivity index (χ2n) is 3.83. The van der Waals surface area contributed by atoms with Crippen LogP contribution in [0.1, 0.15) is 5.69 Å². The summed E-state index contributed by atoms with van der Waals surface area (Å²) >= 11 is 7.79. The maximum Gasteiger partial charge on any atom is 0.131 e. The third-order valence-electron chi connectivity index (χ3n) is 2.79. The molecule has 0 saturated carbocycles. The maximum atomic E-state index is 6.11. The summed E-state index contributed by atoms with van der Waals surface area (Å²) in [5.41, 5.74) is 2.95. The van der Waals surface area contributed by atoms with Crippen LogP contribution < -0.4 is 5.01 Å². The van der Waals surface area contributed by atoms with Crippen LogP contribution in [0, 0.1) is 0 Å². The van der Waals surface area contributed by atoms with E-state index in [0.29, 0.717) is 0 Å². The van der Waals surface area contributed by atoms with Gasteiger partial charge in [0.15, 0.2) is 0 Å². The van der Waals surface area contributed by atoms with Gasteiger partial charge in [0, 0.05) is 13.1 Å². The largest absolute Gasteiger partial charge is 0.379 e. The number of ether oxygens (including phenoxy) is 1. The van der Waals surface area contributed by atoms with Crippen LogP contribution in [-0.4, -0.2) is 47.4 Å². The van der Waals surface area contributed by atoms with Crippen molar-refractivity contribution in [3.8, 4) is 0 Å². The summed E-state index contributed by atoms with van der Waals surface area (Å²) in [6.07, 6.45) is 0. The highest BCUT2D eigenvalue weighted by Gasteiger charge is 2.29. The molecule has 0 atom stereocenters. The Kier molecular flexibility index (Phi) is 2.99. The zero-order chi connectivity index (χ0) is 11.0. The molecule has 0 radical (unpaired) electrons. The Morgan fingerprint density at radius 3 is 3.00 bits per heavy atom. The molecule has 88 valence electrons. The molecular weight excluding hydrogens is 248 g/mol. The monoisotopic (exact) mass is 260 g/mol. The van der Waals surface area contributed by atoms with Gasteiger partial charge in [0.1, 0.15) is 11.7 Å². The summed E-state index contributed by atoms with van der Waals surface area (Å²) in [4.78, 5) is 4.35. The molecule has 0 unspecified atom stereocenters. The Balaban J connectivity index is 1.84. The molecule has 0 aromatic carbocycles. The fourth-order valence-electron chi connectivity index (χ4n) is 2.02. The normalized spacial score (nSPS) is 23.4. The van der Waals surface area contributed by atoms with E-state index >= 15 is 0 Å². The first-order chi connectivity index (χ1) is 7.84. The molecule has 1 aromatic rings. The molecule has 7 heteroatoms. The van der Waals surface area contributed by atoms with Crippen molar-refractivity contribution in [2.45, 2.75) is 6.54 Å². The molecule has 1 saturated heterocycles. The van der Waals surface area contributed by atoms with Gasteiger partial charge in [-0.2, -0.15) is 4.42 Å². The average molecular weight is 261 g/mol. The van der Waals surface area contributed by atoms with Crippen molar-refractivity contribution >= 4 is 28.1 Å². The van der Waals surface area contributed by atoms with Crippen molar-refractivity contribution in [3.63, 3.8) is 0 Å². The second-order valence-corrected chi connectivity index (χ2v) is 5.14. The van der Waals surface area contributed by atoms with Crippen LogP contribution in [0.4, 0.5) is 5.00 Å². The van der Waals surface area contributed by atoms with Gasteiger partial charge < -0.3 is 4.74 Å². The lowest BCUT2D eigenvalue weighted by atomic mass is 10.4. The maximum absolute atomic E-state index is 6.11. The number of halogens is 1. The number of rotatable bonds is 1. The molecule has 5 nitrogen and oxygen atoms in total. The fourth-order valence-corrected chi connectivity index (χ4v) is 3.06. The van der Waals surface area contributed by atoms with E-state index in [-0.39, 0.29) is 0 Å². The summed E-state index contributed by atoms with van der Waals surface area (Å²) < 4.78 is 7.12. The van der Waals surface area contributed by atoms with Crippen LogP contribution in [0.15, 0.2) is 5.51 Å². The van der Waals surface area contributed by atoms with E-state index in [4.69, 9.17) is 16.5 Å². The standard InChI is InChI=1S/C9H13ClN4OS/c10-12-5-8-9(16-6-11-8)14(7-12)13-1-3-15-4-2-13/h6H,1-5,7H2. The van der Waals surface area contributed by atoms with Gasteiger partial charge in [0.25, 0.3) is 0 Å². The Hall–Kier alpha value is -0.400. The van der Waals surface area contributed by atoms with Crippen molar-refractivity contribution < 1.29 is 4.74 Å². The fraction of sp³-hybridized carbons (Fsp3) is 0.667. The molecule has 1 fully saturated rings. The lowest BCUT2D eigenvalue weighted by Crippen LogP contribution is -2.53. The summed E-state index contributed by atoms with van der Waals surface area (Å²) in [5, 5.41) is 5.72. The molecule has 0 bridgehead atoms. The molecule has 0 spiro atoms.